The first kappa shape index (κ1) is 9.55. The first-order chi connectivity index (χ1) is 5.20. The van der Waals surface area contributed by atoms with Crippen LogP contribution < -0.4 is 0 Å². The number of esters is 1. The summed E-state index contributed by atoms with van der Waals surface area (Å²) in [6.07, 6.45) is 3.00. The van der Waals surface area contributed by atoms with Crippen molar-refractivity contribution in [2.45, 2.75) is 13.3 Å². The molecule has 0 aromatic rings. The van der Waals surface area contributed by atoms with Gasteiger partial charge in [0.25, 0.3) is 0 Å². The molecule has 0 bridgehead atoms. The number of ketones is 1. The second-order valence-corrected chi connectivity index (χ2v) is 1.71. The van der Waals surface area contributed by atoms with Crippen molar-refractivity contribution in [3.63, 3.8) is 0 Å². The van der Waals surface area contributed by atoms with Crippen molar-refractivity contribution in [1.29, 1.82) is 5.41 Å². The minimum absolute atomic E-state index is 0.146. The van der Waals surface area contributed by atoms with Gasteiger partial charge in [-0.15, -0.1) is 0 Å². The van der Waals surface area contributed by atoms with Crippen LogP contribution in [-0.4, -0.2) is 18.2 Å². The Hall–Kier alpha value is -1.45. The van der Waals surface area contributed by atoms with E-state index in [1.807, 2.05) is 0 Å². The van der Waals surface area contributed by atoms with Crippen LogP contribution in [0.2, 0.25) is 0 Å². The van der Waals surface area contributed by atoms with Crippen molar-refractivity contribution in [3.8, 4) is 0 Å². The van der Waals surface area contributed by atoms with E-state index >= 15 is 0 Å². The number of hydrogen-bond donors (Lipinski definition) is 1. The average molecular weight is 155 g/mol. The number of nitrogens with one attached hydrogen (secondary N) is 1. The summed E-state index contributed by atoms with van der Waals surface area (Å²) in [5.41, 5.74) is 0. The minimum Gasteiger partial charge on any atom is -0.412 e. The highest BCUT2D eigenvalue weighted by molar-refractivity contribution is 5.96. The number of carbonyl (C=O) groups is 2. The Morgan fingerprint density at radius 2 is 2.09 bits per heavy atom. The summed E-state index contributed by atoms with van der Waals surface area (Å²) in [5.74, 6) is -0.853. The number of carbonyl (C=O) groups excluding carboxylic acids is 2. The van der Waals surface area contributed by atoms with Gasteiger partial charge in [-0.1, -0.05) is 6.92 Å². The van der Waals surface area contributed by atoms with Gasteiger partial charge in [0.05, 0.1) is 0 Å². The van der Waals surface area contributed by atoms with Crippen molar-refractivity contribution in [3.05, 3.63) is 12.2 Å². The lowest BCUT2D eigenvalue weighted by Gasteiger charge is -1.87. The van der Waals surface area contributed by atoms with Crippen molar-refractivity contribution in [1.82, 2.24) is 0 Å². The van der Waals surface area contributed by atoms with Crippen LogP contribution in [0.3, 0.4) is 0 Å². The van der Waals surface area contributed by atoms with Crippen molar-refractivity contribution in [2.75, 3.05) is 0 Å². The molecule has 0 aliphatic carbocycles. The molecule has 60 valence electrons. The summed E-state index contributed by atoms with van der Waals surface area (Å²) in [6.45, 7) is 1.69. The molecule has 0 aliphatic rings. The lowest BCUT2D eigenvalue weighted by molar-refractivity contribution is -0.130. The van der Waals surface area contributed by atoms with Gasteiger partial charge < -0.3 is 4.74 Å². The maximum atomic E-state index is 10.6. The van der Waals surface area contributed by atoms with Gasteiger partial charge in [-0.3, -0.25) is 10.2 Å². The minimum atomic E-state index is -0.707. The van der Waals surface area contributed by atoms with E-state index in [9.17, 15) is 9.59 Å². The predicted octanol–water partition coefficient (Wildman–Crippen LogP) is 0.672. The van der Waals surface area contributed by atoms with Gasteiger partial charge in [-0.05, 0) is 6.08 Å². The molecule has 1 N–H and O–H groups in total. The molecule has 0 amide bonds. The zero-order valence-corrected chi connectivity index (χ0v) is 6.16. The third-order valence-electron chi connectivity index (χ3n) is 0.929. The van der Waals surface area contributed by atoms with Crippen LogP contribution >= 0.6 is 0 Å². The van der Waals surface area contributed by atoms with Gasteiger partial charge in [0.15, 0.2) is 12.2 Å². The summed E-state index contributed by atoms with van der Waals surface area (Å²) in [7, 11) is 0. The van der Waals surface area contributed by atoms with E-state index < -0.39 is 5.97 Å². The van der Waals surface area contributed by atoms with Crippen molar-refractivity contribution < 1.29 is 14.3 Å². The maximum absolute atomic E-state index is 10.6. The van der Waals surface area contributed by atoms with Gasteiger partial charge in [0, 0.05) is 12.5 Å². The highest BCUT2D eigenvalue weighted by Gasteiger charge is 1.94. The first-order valence-electron chi connectivity index (χ1n) is 3.11. The van der Waals surface area contributed by atoms with E-state index in [0.717, 1.165) is 12.2 Å². The van der Waals surface area contributed by atoms with Crippen LogP contribution in [0.5, 0.6) is 0 Å². The van der Waals surface area contributed by atoms with E-state index in [1.54, 1.807) is 6.92 Å². The second-order valence-electron chi connectivity index (χ2n) is 1.71. The molecule has 0 aliphatic heterocycles. The summed E-state index contributed by atoms with van der Waals surface area (Å²) in [6, 6.07) is 0. The van der Waals surface area contributed by atoms with Crippen molar-refractivity contribution >= 4 is 18.2 Å². The maximum Gasteiger partial charge on any atom is 0.337 e. The molecular formula is C7H9NO3. The molecule has 0 saturated heterocycles. The molecule has 0 aromatic heterocycles. The second kappa shape index (κ2) is 5.34. The molecule has 0 radical (unpaired) electrons. The Labute approximate surface area is 64.4 Å². The summed E-state index contributed by atoms with van der Waals surface area (Å²) in [4.78, 5) is 21.0. The van der Waals surface area contributed by atoms with E-state index in [2.05, 4.69) is 4.74 Å². The van der Waals surface area contributed by atoms with Gasteiger partial charge in [0.1, 0.15) is 0 Å². The molecule has 0 fully saturated rings. The SMILES string of the molecule is CCC(=O)/C=C/C(=O)OC=N. The van der Waals surface area contributed by atoms with E-state index in [1.165, 1.54) is 0 Å². The quantitative estimate of drug-likeness (QED) is 0.281. The zero-order chi connectivity index (χ0) is 8.69. The van der Waals surface area contributed by atoms with Crippen LogP contribution in [0.25, 0.3) is 0 Å². The molecule has 0 atom stereocenters. The monoisotopic (exact) mass is 155 g/mol. The highest BCUT2D eigenvalue weighted by Crippen LogP contribution is 1.84. The Morgan fingerprint density at radius 3 is 2.55 bits per heavy atom. The molecular weight excluding hydrogens is 146 g/mol. The Bertz CT molecular complexity index is 196. The molecule has 0 unspecified atom stereocenters. The Balaban J connectivity index is 3.82. The number of rotatable bonds is 4. The number of allylic oxidation sites excluding steroid dienone is 1. The van der Waals surface area contributed by atoms with E-state index in [-0.39, 0.29) is 5.78 Å². The van der Waals surface area contributed by atoms with Crippen LogP contribution in [0.1, 0.15) is 13.3 Å². The lowest BCUT2D eigenvalue weighted by Crippen LogP contribution is -1.98. The van der Waals surface area contributed by atoms with Gasteiger partial charge in [0.2, 0.25) is 0 Å². The molecule has 11 heavy (non-hydrogen) atoms. The molecule has 4 heteroatoms. The Morgan fingerprint density at radius 1 is 1.45 bits per heavy atom. The standard InChI is InChI=1S/C7H9NO3/c1-2-6(9)3-4-7(10)11-5-8/h3-5,8H,2H2,1H3/b4-3+,8-5?. The van der Waals surface area contributed by atoms with Crippen LogP contribution in [0.15, 0.2) is 12.2 Å². The summed E-state index contributed by atoms with van der Waals surface area (Å²) in [5, 5.41) is 6.38. The first-order valence-corrected chi connectivity index (χ1v) is 3.11. The fourth-order valence-electron chi connectivity index (χ4n) is 0.376. The van der Waals surface area contributed by atoms with E-state index in [4.69, 9.17) is 5.41 Å². The molecule has 0 spiro atoms. The Kier molecular flexibility index (Phi) is 4.64. The zero-order valence-electron chi connectivity index (χ0n) is 6.16. The third kappa shape index (κ3) is 5.02. The average Bonchev–Trinajstić information content (AvgIpc) is 2.01. The van der Waals surface area contributed by atoms with E-state index in [0.29, 0.717) is 12.8 Å². The molecule has 4 nitrogen and oxygen atoms in total. The summed E-state index contributed by atoms with van der Waals surface area (Å²) >= 11 is 0. The van der Waals surface area contributed by atoms with Gasteiger partial charge >= 0.3 is 5.97 Å². The van der Waals surface area contributed by atoms with Gasteiger partial charge in [-0.2, -0.15) is 0 Å². The predicted molar refractivity (Wildman–Crippen MR) is 39.3 cm³/mol. The van der Waals surface area contributed by atoms with Crippen LogP contribution in [0.4, 0.5) is 0 Å². The smallest absolute Gasteiger partial charge is 0.337 e. The molecule has 0 rings (SSSR count). The molecule has 0 aromatic carbocycles. The molecule has 0 saturated carbocycles. The number of hydrogen-bond acceptors (Lipinski definition) is 4. The number of ether oxygens (including phenoxy) is 1. The topological polar surface area (TPSA) is 67.2 Å². The highest BCUT2D eigenvalue weighted by atomic mass is 16.5. The van der Waals surface area contributed by atoms with Crippen LogP contribution in [0, 0.1) is 5.41 Å². The normalized spacial score (nSPS) is 9.55. The third-order valence-corrected chi connectivity index (χ3v) is 0.929. The largest absolute Gasteiger partial charge is 0.412 e. The lowest BCUT2D eigenvalue weighted by atomic mass is 10.3. The fourth-order valence-corrected chi connectivity index (χ4v) is 0.376. The molecule has 0 heterocycles. The van der Waals surface area contributed by atoms with Crippen LogP contribution in [-0.2, 0) is 14.3 Å². The summed E-state index contributed by atoms with van der Waals surface area (Å²) < 4.78 is 4.10. The van der Waals surface area contributed by atoms with Gasteiger partial charge in [-0.25, -0.2) is 4.79 Å². The fraction of sp³-hybridized carbons (Fsp3) is 0.286. The van der Waals surface area contributed by atoms with Crippen molar-refractivity contribution in [2.24, 2.45) is 0 Å².